The average molecular weight is 228 g/mol. The van der Waals surface area contributed by atoms with Gasteiger partial charge < -0.3 is 10.1 Å². The molecule has 6 heteroatoms. The summed E-state index contributed by atoms with van der Waals surface area (Å²) in [5.41, 5.74) is 1.35. The van der Waals surface area contributed by atoms with Crippen LogP contribution in [0.2, 0.25) is 0 Å². The van der Waals surface area contributed by atoms with Gasteiger partial charge in [0.15, 0.2) is 0 Å². The van der Waals surface area contributed by atoms with Crippen LogP contribution in [0, 0.1) is 0 Å². The molecule has 0 aromatic carbocycles. The molecule has 0 bridgehead atoms. The first kappa shape index (κ1) is 9.59. The summed E-state index contributed by atoms with van der Waals surface area (Å²) >= 11 is 0. The molecule has 0 radical (unpaired) electrons. The number of imidazole rings is 1. The second-order valence-corrected chi connectivity index (χ2v) is 3.54. The van der Waals surface area contributed by atoms with Gasteiger partial charge in [0.1, 0.15) is 12.1 Å². The summed E-state index contributed by atoms with van der Waals surface area (Å²) in [4.78, 5) is 22.3. The van der Waals surface area contributed by atoms with Gasteiger partial charge in [0.25, 0.3) is 0 Å². The fourth-order valence-electron chi connectivity index (χ4n) is 1.72. The molecule has 3 aromatic rings. The third-order valence-corrected chi connectivity index (χ3v) is 2.50. The van der Waals surface area contributed by atoms with Crippen LogP contribution in [0.15, 0.2) is 37.1 Å². The van der Waals surface area contributed by atoms with Crippen LogP contribution in [0.25, 0.3) is 16.9 Å². The molecule has 0 aliphatic carbocycles. The number of hydrogen-bond donors (Lipinski definition) is 2. The molecule has 2 N–H and O–H groups in total. The van der Waals surface area contributed by atoms with Crippen molar-refractivity contribution in [3.63, 3.8) is 0 Å². The predicted molar refractivity (Wildman–Crippen MR) is 60.2 cm³/mol. The maximum absolute atomic E-state index is 11.2. The standard InChI is InChI=1S/C11H8N4O2/c16-11(17)7-5-9(15-4-3-12-6-15)14-8-1-2-13-10(7)8/h1-6,13H,(H,16,17). The van der Waals surface area contributed by atoms with Crippen LogP contribution in [0.5, 0.6) is 0 Å². The van der Waals surface area contributed by atoms with Gasteiger partial charge in [-0.1, -0.05) is 0 Å². The van der Waals surface area contributed by atoms with E-state index in [4.69, 9.17) is 5.11 Å². The highest BCUT2D eigenvalue weighted by molar-refractivity contribution is 6.01. The number of aromatic carboxylic acids is 1. The SMILES string of the molecule is O=C(O)c1cc(-n2ccnc2)nc2cc[nH]c12. The van der Waals surface area contributed by atoms with Crippen LogP contribution in [0.1, 0.15) is 10.4 Å². The zero-order valence-electron chi connectivity index (χ0n) is 8.66. The van der Waals surface area contributed by atoms with Gasteiger partial charge in [0.05, 0.1) is 16.6 Å². The Labute approximate surface area is 95.6 Å². The Bertz CT molecular complexity index is 685. The van der Waals surface area contributed by atoms with E-state index in [2.05, 4.69) is 15.0 Å². The average Bonchev–Trinajstić information content (AvgIpc) is 2.98. The van der Waals surface area contributed by atoms with Crippen molar-refractivity contribution in [3.05, 3.63) is 42.6 Å². The van der Waals surface area contributed by atoms with Crippen LogP contribution in [0.3, 0.4) is 0 Å². The fraction of sp³-hybridized carbons (Fsp3) is 0. The third-order valence-electron chi connectivity index (χ3n) is 2.50. The molecule has 3 heterocycles. The summed E-state index contributed by atoms with van der Waals surface area (Å²) in [6, 6.07) is 3.26. The van der Waals surface area contributed by atoms with Gasteiger partial charge >= 0.3 is 5.97 Å². The van der Waals surface area contributed by atoms with Gasteiger partial charge in [-0.2, -0.15) is 0 Å². The number of carbonyl (C=O) groups is 1. The van der Waals surface area contributed by atoms with Gasteiger partial charge in [-0.3, -0.25) is 4.57 Å². The summed E-state index contributed by atoms with van der Waals surface area (Å²) in [5.74, 6) is -0.451. The highest BCUT2D eigenvalue weighted by Gasteiger charge is 2.13. The Hall–Kier alpha value is -2.63. The molecule has 17 heavy (non-hydrogen) atoms. The Kier molecular flexibility index (Phi) is 1.94. The molecule has 6 nitrogen and oxygen atoms in total. The van der Waals surface area contributed by atoms with Crippen molar-refractivity contribution < 1.29 is 9.90 Å². The number of aromatic nitrogens is 4. The first-order valence-corrected chi connectivity index (χ1v) is 4.95. The summed E-state index contributed by atoms with van der Waals surface area (Å²) in [7, 11) is 0. The zero-order valence-corrected chi connectivity index (χ0v) is 8.66. The summed E-state index contributed by atoms with van der Waals surface area (Å²) in [6.45, 7) is 0. The molecule has 3 aromatic heterocycles. The van der Waals surface area contributed by atoms with Crippen molar-refractivity contribution in [2.75, 3.05) is 0 Å². The van der Waals surface area contributed by atoms with Gasteiger partial charge in [-0.15, -0.1) is 0 Å². The van der Waals surface area contributed by atoms with E-state index in [9.17, 15) is 4.79 Å². The minimum atomic E-state index is -0.985. The van der Waals surface area contributed by atoms with E-state index in [-0.39, 0.29) is 5.56 Å². The molecule has 3 rings (SSSR count). The largest absolute Gasteiger partial charge is 0.478 e. The van der Waals surface area contributed by atoms with E-state index in [1.807, 2.05) is 0 Å². The number of carboxylic acids is 1. The highest BCUT2D eigenvalue weighted by Crippen LogP contribution is 2.18. The van der Waals surface area contributed by atoms with Crippen molar-refractivity contribution in [2.24, 2.45) is 0 Å². The monoisotopic (exact) mass is 228 g/mol. The number of pyridine rings is 1. The lowest BCUT2D eigenvalue weighted by molar-refractivity contribution is 0.0698. The first-order chi connectivity index (χ1) is 8.25. The Morgan fingerprint density at radius 2 is 2.35 bits per heavy atom. The highest BCUT2D eigenvalue weighted by atomic mass is 16.4. The predicted octanol–water partition coefficient (Wildman–Crippen LogP) is 1.45. The molecule has 0 fully saturated rings. The number of nitrogens with zero attached hydrogens (tertiary/aromatic N) is 3. The molecule has 0 aliphatic rings. The van der Waals surface area contributed by atoms with Crippen molar-refractivity contribution >= 4 is 17.0 Å². The normalized spacial score (nSPS) is 10.8. The third kappa shape index (κ3) is 1.46. The molecule has 84 valence electrons. The van der Waals surface area contributed by atoms with Crippen molar-refractivity contribution in [1.29, 1.82) is 0 Å². The molecule has 0 amide bonds. The van der Waals surface area contributed by atoms with Crippen LogP contribution in [0.4, 0.5) is 0 Å². The van der Waals surface area contributed by atoms with Crippen LogP contribution >= 0.6 is 0 Å². The van der Waals surface area contributed by atoms with Crippen molar-refractivity contribution in [3.8, 4) is 5.82 Å². The first-order valence-electron chi connectivity index (χ1n) is 4.95. The molecule has 0 aliphatic heterocycles. The van der Waals surface area contributed by atoms with E-state index in [0.29, 0.717) is 16.9 Å². The smallest absolute Gasteiger partial charge is 0.338 e. The van der Waals surface area contributed by atoms with Crippen LogP contribution in [-0.4, -0.2) is 30.6 Å². The van der Waals surface area contributed by atoms with E-state index in [1.54, 1.807) is 35.6 Å². The number of carboxylic acid groups (broad SMARTS) is 1. The lowest BCUT2D eigenvalue weighted by Crippen LogP contribution is -2.02. The van der Waals surface area contributed by atoms with Gasteiger partial charge in [0, 0.05) is 18.6 Å². The lowest BCUT2D eigenvalue weighted by atomic mass is 10.2. The minimum absolute atomic E-state index is 0.198. The van der Waals surface area contributed by atoms with Gasteiger partial charge in [-0.05, 0) is 12.1 Å². The minimum Gasteiger partial charge on any atom is -0.478 e. The van der Waals surface area contributed by atoms with Crippen molar-refractivity contribution in [1.82, 2.24) is 19.5 Å². The molecule has 0 unspecified atom stereocenters. The summed E-state index contributed by atoms with van der Waals surface area (Å²) < 4.78 is 1.67. The number of hydrogen-bond acceptors (Lipinski definition) is 3. The lowest BCUT2D eigenvalue weighted by Gasteiger charge is -2.04. The van der Waals surface area contributed by atoms with E-state index in [1.165, 1.54) is 6.07 Å². The molecule has 0 saturated carbocycles. The molecule has 0 spiro atoms. The van der Waals surface area contributed by atoms with Gasteiger partial charge in [0.2, 0.25) is 0 Å². The number of H-pyrrole nitrogens is 1. The fourth-order valence-corrected chi connectivity index (χ4v) is 1.72. The Morgan fingerprint density at radius 1 is 1.47 bits per heavy atom. The molecular formula is C11H8N4O2. The van der Waals surface area contributed by atoms with Crippen LogP contribution in [-0.2, 0) is 0 Å². The second kappa shape index (κ2) is 3.44. The number of rotatable bonds is 2. The second-order valence-electron chi connectivity index (χ2n) is 3.54. The maximum Gasteiger partial charge on any atom is 0.338 e. The Morgan fingerprint density at radius 3 is 3.06 bits per heavy atom. The number of nitrogens with one attached hydrogen (secondary N) is 1. The molecule has 0 atom stereocenters. The number of aromatic amines is 1. The molecular weight excluding hydrogens is 220 g/mol. The maximum atomic E-state index is 11.2. The van der Waals surface area contributed by atoms with Crippen LogP contribution < -0.4 is 0 Å². The van der Waals surface area contributed by atoms with E-state index >= 15 is 0 Å². The van der Waals surface area contributed by atoms with E-state index in [0.717, 1.165) is 0 Å². The summed E-state index contributed by atoms with van der Waals surface area (Å²) in [6.07, 6.45) is 6.57. The van der Waals surface area contributed by atoms with E-state index < -0.39 is 5.97 Å². The molecule has 0 saturated heterocycles. The summed E-state index contributed by atoms with van der Waals surface area (Å²) in [5, 5.41) is 9.15. The number of fused-ring (bicyclic) bond motifs is 1. The van der Waals surface area contributed by atoms with Gasteiger partial charge in [-0.25, -0.2) is 14.8 Å². The topological polar surface area (TPSA) is 83.8 Å². The van der Waals surface area contributed by atoms with Crippen molar-refractivity contribution in [2.45, 2.75) is 0 Å². The Balaban J connectivity index is 2.31. The quantitative estimate of drug-likeness (QED) is 0.695. The zero-order chi connectivity index (χ0) is 11.8.